The van der Waals surface area contributed by atoms with E-state index < -0.39 is 29.5 Å². The minimum Gasteiger partial charge on any atom is -0.494 e. The van der Waals surface area contributed by atoms with E-state index in [1.165, 1.54) is 7.11 Å². The molecule has 0 spiro atoms. The number of para-hydroxylation sites is 1. The number of amides is 2. The van der Waals surface area contributed by atoms with Gasteiger partial charge in [-0.15, -0.1) is 0 Å². The summed E-state index contributed by atoms with van der Waals surface area (Å²) in [5, 5.41) is 0.224. The fourth-order valence-corrected chi connectivity index (χ4v) is 3.62. The highest BCUT2D eigenvalue weighted by Crippen LogP contribution is 2.37. The molecule has 0 unspecified atom stereocenters. The Morgan fingerprint density at radius 2 is 1.64 bits per heavy atom. The molecular formula is C25H17ClF3N3O4. The Morgan fingerprint density at radius 3 is 2.33 bits per heavy atom. The number of rotatable bonds is 4. The van der Waals surface area contributed by atoms with Gasteiger partial charge in [0.1, 0.15) is 5.69 Å². The van der Waals surface area contributed by atoms with Crippen LogP contribution in [0.25, 0.3) is 22.2 Å². The first-order valence-corrected chi connectivity index (χ1v) is 10.7. The summed E-state index contributed by atoms with van der Waals surface area (Å²) in [4.78, 5) is 30.0. The minimum absolute atomic E-state index is 0.0827. The first-order chi connectivity index (χ1) is 17.2. The Labute approximate surface area is 207 Å². The van der Waals surface area contributed by atoms with Crippen LogP contribution in [-0.2, 0) is 6.18 Å². The van der Waals surface area contributed by atoms with Crippen molar-refractivity contribution in [1.82, 2.24) is 15.8 Å². The van der Waals surface area contributed by atoms with Crippen LogP contribution in [0.4, 0.5) is 18.0 Å². The number of hydrazine groups is 1. The zero-order chi connectivity index (χ0) is 25.9. The number of nitrogens with zero attached hydrogens (tertiary/aromatic N) is 1. The van der Waals surface area contributed by atoms with Crippen molar-refractivity contribution in [2.24, 2.45) is 0 Å². The van der Waals surface area contributed by atoms with Crippen LogP contribution < -0.4 is 20.3 Å². The fourth-order valence-electron chi connectivity index (χ4n) is 3.46. The highest BCUT2D eigenvalue weighted by Gasteiger charge is 2.31. The zero-order valence-electron chi connectivity index (χ0n) is 18.5. The number of aromatic nitrogens is 1. The monoisotopic (exact) mass is 515 g/mol. The van der Waals surface area contributed by atoms with Crippen LogP contribution in [0.2, 0.25) is 5.02 Å². The van der Waals surface area contributed by atoms with Crippen molar-refractivity contribution < 1.29 is 32.2 Å². The van der Waals surface area contributed by atoms with Gasteiger partial charge in [-0.1, -0.05) is 60.1 Å². The summed E-state index contributed by atoms with van der Waals surface area (Å²) in [6.45, 7) is 0. The average molecular weight is 516 g/mol. The van der Waals surface area contributed by atoms with Gasteiger partial charge in [0.15, 0.2) is 11.5 Å². The summed E-state index contributed by atoms with van der Waals surface area (Å²) < 4.78 is 49.3. The van der Waals surface area contributed by atoms with Gasteiger partial charge >= 0.3 is 12.3 Å². The molecule has 36 heavy (non-hydrogen) atoms. The van der Waals surface area contributed by atoms with Crippen molar-refractivity contribution >= 4 is 34.5 Å². The van der Waals surface area contributed by atoms with Gasteiger partial charge < -0.3 is 9.47 Å². The molecule has 0 atom stereocenters. The summed E-state index contributed by atoms with van der Waals surface area (Å²) in [7, 11) is 1.38. The van der Waals surface area contributed by atoms with Gasteiger partial charge in [0, 0.05) is 10.9 Å². The predicted octanol–water partition coefficient (Wildman–Crippen LogP) is 6.02. The van der Waals surface area contributed by atoms with E-state index in [0.29, 0.717) is 28.2 Å². The first kappa shape index (κ1) is 24.8. The number of carbonyl (C=O) groups is 2. The Bertz CT molecular complexity index is 1450. The Morgan fingerprint density at radius 1 is 0.944 bits per heavy atom. The second-order valence-corrected chi connectivity index (χ2v) is 7.77. The molecule has 4 rings (SSSR count). The number of methoxy groups -OCH3 is 1. The van der Waals surface area contributed by atoms with Gasteiger partial charge in [0.25, 0.3) is 5.91 Å². The van der Waals surface area contributed by atoms with Gasteiger partial charge in [0.2, 0.25) is 0 Å². The highest BCUT2D eigenvalue weighted by molar-refractivity contribution is 6.32. The van der Waals surface area contributed by atoms with Crippen molar-refractivity contribution in [3.8, 4) is 22.8 Å². The van der Waals surface area contributed by atoms with E-state index in [4.69, 9.17) is 21.1 Å². The lowest BCUT2D eigenvalue weighted by Crippen LogP contribution is -2.43. The number of benzene rings is 3. The molecule has 0 radical (unpaired) electrons. The summed E-state index contributed by atoms with van der Waals surface area (Å²) in [5.41, 5.74) is 4.83. The molecule has 3 aromatic carbocycles. The highest BCUT2D eigenvalue weighted by atomic mass is 35.5. The van der Waals surface area contributed by atoms with E-state index in [0.717, 1.165) is 12.1 Å². The number of alkyl halides is 3. The minimum atomic E-state index is -4.66. The summed E-state index contributed by atoms with van der Waals surface area (Å²) in [6.07, 6.45) is -5.92. The number of nitrogens with one attached hydrogen (secondary N) is 2. The molecule has 2 N–H and O–H groups in total. The fraction of sp³-hybridized carbons (Fsp3) is 0.0800. The molecule has 0 aliphatic heterocycles. The first-order valence-electron chi connectivity index (χ1n) is 10.4. The van der Waals surface area contributed by atoms with Crippen LogP contribution >= 0.6 is 11.6 Å². The van der Waals surface area contributed by atoms with E-state index in [9.17, 15) is 22.8 Å². The number of halogens is 4. The zero-order valence-corrected chi connectivity index (χ0v) is 19.3. The topological polar surface area (TPSA) is 89.5 Å². The van der Waals surface area contributed by atoms with E-state index in [-0.39, 0.29) is 16.3 Å². The van der Waals surface area contributed by atoms with Crippen molar-refractivity contribution in [1.29, 1.82) is 0 Å². The number of fused-ring (bicyclic) bond motifs is 1. The van der Waals surface area contributed by atoms with Crippen LogP contribution in [0.1, 0.15) is 15.9 Å². The molecule has 0 saturated carbocycles. The lowest BCUT2D eigenvalue weighted by atomic mass is 10.0. The third-order valence-electron chi connectivity index (χ3n) is 5.07. The Hall–Kier alpha value is -4.31. The molecule has 1 heterocycles. The van der Waals surface area contributed by atoms with E-state index in [1.807, 2.05) is 23.6 Å². The lowest BCUT2D eigenvalue weighted by Gasteiger charge is -2.16. The van der Waals surface area contributed by atoms with Crippen LogP contribution in [0.3, 0.4) is 0 Å². The molecule has 2 amide bonds. The third kappa shape index (κ3) is 5.18. The molecular weight excluding hydrogens is 499 g/mol. The summed E-state index contributed by atoms with van der Waals surface area (Å²) >= 11 is 5.85. The maximum Gasteiger partial charge on any atom is 0.431 e. The molecule has 1 aromatic heterocycles. The molecule has 0 aliphatic carbocycles. The molecule has 0 saturated heterocycles. The average Bonchev–Trinajstić information content (AvgIpc) is 2.87. The predicted molar refractivity (Wildman–Crippen MR) is 127 cm³/mol. The molecule has 0 bridgehead atoms. The number of hydrogen-bond donors (Lipinski definition) is 2. The molecule has 0 fully saturated rings. The van der Waals surface area contributed by atoms with Crippen molar-refractivity contribution in [3.05, 3.63) is 88.9 Å². The number of ether oxygens (including phenoxy) is 2. The lowest BCUT2D eigenvalue weighted by molar-refractivity contribution is -0.137. The van der Waals surface area contributed by atoms with Crippen LogP contribution in [-0.4, -0.2) is 24.1 Å². The number of hydrogen-bond acceptors (Lipinski definition) is 5. The quantitative estimate of drug-likeness (QED) is 0.325. The SMILES string of the molecule is COc1c(-c2ccccc2)nc2ccccc2c1C(=O)NNC(=O)Oc1cc(C(F)(F)F)ccc1Cl. The van der Waals surface area contributed by atoms with Gasteiger partial charge in [-0.25, -0.2) is 15.2 Å². The van der Waals surface area contributed by atoms with Gasteiger partial charge in [-0.05, 0) is 24.3 Å². The summed E-state index contributed by atoms with van der Waals surface area (Å²) in [5.74, 6) is -1.14. The van der Waals surface area contributed by atoms with Gasteiger partial charge in [-0.3, -0.25) is 10.2 Å². The molecule has 0 aliphatic rings. The Kier molecular flexibility index (Phi) is 6.98. The largest absolute Gasteiger partial charge is 0.494 e. The maximum absolute atomic E-state index is 13.2. The number of carbonyl (C=O) groups excluding carboxylic acids is 2. The molecule has 4 aromatic rings. The maximum atomic E-state index is 13.2. The van der Waals surface area contributed by atoms with Crippen LogP contribution in [0, 0.1) is 0 Å². The smallest absolute Gasteiger partial charge is 0.431 e. The van der Waals surface area contributed by atoms with Crippen LogP contribution in [0.5, 0.6) is 11.5 Å². The second kappa shape index (κ2) is 10.1. The van der Waals surface area contributed by atoms with E-state index in [2.05, 4.69) is 10.4 Å². The third-order valence-corrected chi connectivity index (χ3v) is 5.38. The van der Waals surface area contributed by atoms with E-state index >= 15 is 0 Å². The van der Waals surface area contributed by atoms with E-state index in [1.54, 1.807) is 36.4 Å². The Balaban J connectivity index is 1.61. The van der Waals surface area contributed by atoms with Crippen LogP contribution in [0.15, 0.2) is 72.8 Å². The molecule has 184 valence electrons. The van der Waals surface area contributed by atoms with Crippen molar-refractivity contribution in [2.75, 3.05) is 7.11 Å². The normalized spacial score (nSPS) is 11.1. The second-order valence-electron chi connectivity index (χ2n) is 7.36. The van der Waals surface area contributed by atoms with Gasteiger partial charge in [-0.2, -0.15) is 13.2 Å². The van der Waals surface area contributed by atoms with Gasteiger partial charge in [0.05, 0.1) is 28.8 Å². The number of pyridine rings is 1. The summed E-state index contributed by atoms with van der Waals surface area (Å²) in [6, 6.07) is 18.2. The molecule has 7 nitrogen and oxygen atoms in total. The van der Waals surface area contributed by atoms with Crippen molar-refractivity contribution in [2.45, 2.75) is 6.18 Å². The molecule has 11 heteroatoms. The standard InChI is InChI=1S/C25H17ClF3N3O4/c1-35-22-20(16-9-5-6-10-18(16)30-21(22)14-7-3-2-4-8-14)23(33)31-32-24(34)36-19-13-15(25(27,28)29)11-12-17(19)26/h2-13H,1H3,(H,31,33)(H,32,34). The van der Waals surface area contributed by atoms with Crippen molar-refractivity contribution in [3.63, 3.8) is 0 Å².